The number of carbonyl (C=O) groups excluding carboxylic acids is 3. The van der Waals surface area contributed by atoms with Crippen molar-refractivity contribution in [2.45, 2.75) is 51.2 Å². The molecule has 2 aliphatic heterocycles. The van der Waals surface area contributed by atoms with Crippen molar-refractivity contribution in [2.75, 3.05) is 40.5 Å². The van der Waals surface area contributed by atoms with Crippen molar-refractivity contribution < 1.29 is 28.6 Å². The fourth-order valence-electron chi connectivity index (χ4n) is 3.97. The van der Waals surface area contributed by atoms with Gasteiger partial charge in [0.05, 0.1) is 18.8 Å². The van der Waals surface area contributed by atoms with Crippen LogP contribution in [0.4, 0.5) is 4.79 Å². The molecular formula is C18H30N2O6. The molecule has 0 aliphatic carbocycles. The third-order valence-corrected chi connectivity index (χ3v) is 5.53. The topological polar surface area (TPSA) is 85.4 Å². The van der Waals surface area contributed by atoms with E-state index in [1.807, 2.05) is 6.92 Å². The Balaban J connectivity index is 2.13. The van der Waals surface area contributed by atoms with Gasteiger partial charge in [0.15, 0.2) is 6.10 Å². The molecule has 2 saturated heterocycles. The lowest BCUT2D eigenvalue weighted by Crippen LogP contribution is -2.57. The molecular weight excluding hydrogens is 340 g/mol. The van der Waals surface area contributed by atoms with Crippen LogP contribution >= 0.6 is 0 Å². The van der Waals surface area contributed by atoms with E-state index in [1.165, 1.54) is 7.11 Å². The van der Waals surface area contributed by atoms with E-state index in [-0.39, 0.29) is 18.6 Å². The SMILES string of the molecule is CCCCOC(=O)N1CCC2(CC1)[C@H](C(=O)OCC)[C@@H](OC)C(=O)N2C. The van der Waals surface area contributed by atoms with Crippen molar-refractivity contribution in [1.29, 1.82) is 0 Å². The highest BCUT2D eigenvalue weighted by Crippen LogP contribution is 2.44. The molecule has 2 atom stereocenters. The second kappa shape index (κ2) is 8.70. The van der Waals surface area contributed by atoms with E-state index in [0.29, 0.717) is 32.5 Å². The van der Waals surface area contributed by atoms with Crippen LogP contribution in [0.1, 0.15) is 39.5 Å². The molecule has 0 N–H and O–H groups in total. The third-order valence-electron chi connectivity index (χ3n) is 5.53. The average Bonchev–Trinajstić information content (AvgIpc) is 2.84. The summed E-state index contributed by atoms with van der Waals surface area (Å²) >= 11 is 0. The first kappa shape index (κ1) is 20.5. The summed E-state index contributed by atoms with van der Waals surface area (Å²) < 4.78 is 15.8. The Morgan fingerprint density at radius 1 is 1.19 bits per heavy atom. The van der Waals surface area contributed by atoms with Gasteiger partial charge < -0.3 is 24.0 Å². The Kier molecular flexibility index (Phi) is 6.86. The van der Waals surface area contributed by atoms with Gasteiger partial charge in [-0.2, -0.15) is 0 Å². The Bertz CT molecular complexity index is 530. The molecule has 0 saturated carbocycles. The summed E-state index contributed by atoms with van der Waals surface area (Å²) in [5.74, 6) is -1.33. The average molecular weight is 370 g/mol. The Morgan fingerprint density at radius 3 is 2.38 bits per heavy atom. The molecule has 0 aromatic heterocycles. The predicted octanol–water partition coefficient (Wildman–Crippen LogP) is 1.42. The number of likely N-dealkylation sites (N-methyl/N-ethyl adjacent to an activating group) is 1. The van der Waals surface area contributed by atoms with E-state index in [2.05, 4.69) is 0 Å². The van der Waals surface area contributed by atoms with E-state index in [9.17, 15) is 14.4 Å². The van der Waals surface area contributed by atoms with Gasteiger partial charge in [0, 0.05) is 27.2 Å². The molecule has 148 valence electrons. The number of unbranched alkanes of at least 4 members (excludes halogenated alkanes) is 1. The van der Waals surface area contributed by atoms with E-state index >= 15 is 0 Å². The fourth-order valence-corrected chi connectivity index (χ4v) is 3.97. The quantitative estimate of drug-likeness (QED) is 0.519. The zero-order valence-electron chi connectivity index (χ0n) is 16.2. The first-order chi connectivity index (χ1) is 12.4. The van der Waals surface area contributed by atoms with Crippen LogP contribution in [0.5, 0.6) is 0 Å². The van der Waals surface area contributed by atoms with E-state index in [1.54, 1.807) is 23.8 Å². The van der Waals surface area contributed by atoms with Crippen LogP contribution in [-0.2, 0) is 23.8 Å². The summed E-state index contributed by atoms with van der Waals surface area (Å²) in [7, 11) is 3.13. The number of amides is 2. The highest BCUT2D eigenvalue weighted by atomic mass is 16.6. The Morgan fingerprint density at radius 2 is 1.85 bits per heavy atom. The zero-order valence-corrected chi connectivity index (χ0v) is 16.2. The number of rotatable bonds is 6. The number of likely N-dealkylation sites (tertiary alicyclic amines) is 2. The van der Waals surface area contributed by atoms with Crippen LogP contribution in [0.15, 0.2) is 0 Å². The number of hydrogen-bond acceptors (Lipinski definition) is 6. The van der Waals surface area contributed by atoms with Gasteiger partial charge in [-0.15, -0.1) is 0 Å². The maximum atomic E-state index is 12.6. The lowest BCUT2D eigenvalue weighted by atomic mass is 9.76. The molecule has 0 unspecified atom stereocenters. The molecule has 2 fully saturated rings. The van der Waals surface area contributed by atoms with Crippen LogP contribution in [0.2, 0.25) is 0 Å². The molecule has 8 heteroatoms. The number of methoxy groups -OCH3 is 1. The van der Waals surface area contributed by atoms with Crippen LogP contribution in [0.25, 0.3) is 0 Å². The first-order valence-corrected chi connectivity index (χ1v) is 9.31. The van der Waals surface area contributed by atoms with Gasteiger partial charge in [0.2, 0.25) is 0 Å². The van der Waals surface area contributed by atoms with E-state index < -0.39 is 23.5 Å². The van der Waals surface area contributed by atoms with Gasteiger partial charge in [0.25, 0.3) is 5.91 Å². The van der Waals surface area contributed by atoms with Gasteiger partial charge in [-0.3, -0.25) is 9.59 Å². The standard InChI is InChI=1S/C18H30N2O6/c1-5-7-12-26-17(23)20-10-8-18(9-11-20)13(16(22)25-6-2)14(24-4)15(21)19(18)3/h13-14H,5-12H2,1-4H3/t13-,14+/m0/s1. The van der Waals surface area contributed by atoms with Crippen LogP contribution < -0.4 is 0 Å². The predicted molar refractivity (Wildman–Crippen MR) is 93.5 cm³/mol. The van der Waals surface area contributed by atoms with Crippen molar-refractivity contribution in [2.24, 2.45) is 5.92 Å². The molecule has 0 bridgehead atoms. The van der Waals surface area contributed by atoms with Crippen LogP contribution in [0.3, 0.4) is 0 Å². The smallest absolute Gasteiger partial charge is 0.409 e. The Hall–Kier alpha value is -1.83. The Labute approximate surface area is 154 Å². The van der Waals surface area contributed by atoms with Crippen molar-refractivity contribution in [1.82, 2.24) is 9.80 Å². The maximum absolute atomic E-state index is 12.6. The summed E-state index contributed by atoms with van der Waals surface area (Å²) in [4.78, 5) is 40.6. The second-order valence-electron chi connectivity index (χ2n) is 6.84. The van der Waals surface area contributed by atoms with Crippen molar-refractivity contribution in [3.05, 3.63) is 0 Å². The van der Waals surface area contributed by atoms with Gasteiger partial charge in [-0.05, 0) is 26.2 Å². The summed E-state index contributed by atoms with van der Waals surface area (Å²) in [6.45, 7) is 5.28. The van der Waals surface area contributed by atoms with E-state index in [4.69, 9.17) is 14.2 Å². The number of carbonyl (C=O) groups is 3. The minimum Gasteiger partial charge on any atom is -0.466 e. The zero-order chi connectivity index (χ0) is 19.3. The molecule has 0 radical (unpaired) electrons. The van der Waals surface area contributed by atoms with Gasteiger partial charge >= 0.3 is 12.1 Å². The lowest BCUT2D eigenvalue weighted by molar-refractivity contribution is -0.157. The molecule has 2 rings (SSSR count). The molecule has 2 heterocycles. The van der Waals surface area contributed by atoms with Crippen LogP contribution in [-0.4, -0.2) is 79.9 Å². The largest absolute Gasteiger partial charge is 0.466 e. The highest BCUT2D eigenvalue weighted by molar-refractivity contribution is 5.93. The van der Waals surface area contributed by atoms with Crippen molar-refractivity contribution in [3.63, 3.8) is 0 Å². The van der Waals surface area contributed by atoms with Crippen molar-refractivity contribution >= 4 is 18.0 Å². The van der Waals surface area contributed by atoms with E-state index in [0.717, 1.165) is 12.8 Å². The monoisotopic (exact) mass is 370 g/mol. The molecule has 26 heavy (non-hydrogen) atoms. The number of piperidine rings is 1. The van der Waals surface area contributed by atoms with Crippen LogP contribution in [0, 0.1) is 5.92 Å². The number of hydrogen-bond donors (Lipinski definition) is 0. The molecule has 2 amide bonds. The molecule has 8 nitrogen and oxygen atoms in total. The summed E-state index contributed by atoms with van der Waals surface area (Å²) in [5, 5.41) is 0. The van der Waals surface area contributed by atoms with Crippen molar-refractivity contribution in [3.8, 4) is 0 Å². The van der Waals surface area contributed by atoms with Gasteiger partial charge in [-0.1, -0.05) is 13.3 Å². The summed E-state index contributed by atoms with van der Waals surface area (Å²) in [6, 6.07) is 0. The summed E-state index contributed by atoms with van der Waals surface area (Å²) in [6.07, 6.45) is 1.59. The van der Waals surface area contributed by atoms with Gasteiger partial charge in [-0.25, -0.2) is 4.79 Å². The minimum atomic E-state index is -0.845. The highest BCUT2D eigenvalue weighted by Gasteiger charge is 2.62. The summed E-state index contributed by atoms with van der Waals surface area (Å²) in [5.41, 5.74) is -0.690. The molecule has 0 aromatic carbocycles. The maximum Gasteiger partial charge on any atom is 0.409 e. The first-order valence-electron chi connectivity index (χ1n) is 9.31. The lowest BCUT2D eigenvalue weighted by Gasteiger charge is -2.45. The molecule has 2 aliphatic rings. The third kappa shape index (κ3) is 3.65. The molecule has 1 spiro atoms. The fraction of sp³-hybridized carbons (Fsp3) is 0.833. The van der Waals surface area contributed by atoms with Gasteiger partial charge in [0.1, 0.15) is 5.92 Å². The number of esters is 1. The number of nitrogens with zero attached hydrogens (tertiary/aromatic N) is 2. The number of ether oxygens (including phenoxy) is 3. The minimum absolute atomic E-state index is 0.218. The second-order valence-corrected chi connectivity index (χ2v) is 6.84. The molecule has 0 aromatic rings. The normalized spacial score (nSPS) is 24.8.